The van der Waals surface area contributed by atoms with Crippen molar-refractivity contribution < 1.29 is 16.5 Å². The smallest absolute Gasteiger partial charge is 0.358 e. The Balaban J connectivity index is 3.70. The van der Waals surface area contributed by atoms with Crippen molar-refractivity contribution in [3.8, 4) is 17.2 Å². The Kier molecular flexibility index (Phi) is 5.76. The standard InChI is InChI=1S/C15H21FO3S2Si/c1-10-13(7-8-22(4,5)6)11(2)15(19-21(16,17)18)12(3)14(10)9-20/h20H,9H2,1-6H3. The fourth-order valence-corrected chi connectivity index (χ4v) is 3.57. The molecule has 0 N–H and O–H groups in total. The van der Waals surface area contributed by atoms with Gasteiger partial charge in [-0.15, -0.1) is 5.54 Å². The first-order valence-corrected chi connectivity index (χ1v) is 12.2. The Labute approximate surface area is 139 Å². The van der Waals surface area contributed by atoms with Gasteiger partial charge in [0.25, 0.3) is 0 Å². The van der Waals surface area contributed by atoms with Crippen LogP contribution in [0.15, 0.2) is 0 Å². The third-order valence-electron chi connectivity index (χ3n) is 3.24. The molecule has 0 unspecified atom stereocenters. The van der Waals surface area contributed by atoms with Gasteiger partial charge in [0.1, 0.15) is 8.07 Å². The highest BCUT2D eigenvalue weighted by molar-refractivity contribution is 7.81. The molecule has 1 rings (SSSR count). The van der Waals surface area contributed by atoms with Crippen molar-refractivity contribution >= 4 is 31.2 Å². The molecule has 122 valence electrons. The molecule has 0 atom stereocenters. The Morgan fingerprint density at radius 3 is 2.09 bits per heavy atom. The first-order chi connectivity index (χ1) is 9.87. The second-order valence-electron chi connectivity index (χ2n) is 6.19. The minimum atomic E-state index is -5.08. The molecule has 3 nitrogen and oxygen atoms in total. The summed E-state index contributed by atoms with van der Waals surface area (Å²) in [6, 6.07) is 0. The highest BCUT2D eigenvalue weighted by atomic mass is 32.3. The van der Waals surface area contributed by atoms with Crippen LogP contribution in [0.2, 0.25) is 19.6 Å². The van der Waals surface area contributed by atoms with Crippen molar-refractivity contribution in [3.05, 3.63) is 27.8 Å². The minimum Gasteiger partial charge on any atom is -0.358 e. The number of thiol groups is 1. The van der Waals surface area contributed by atoms with Gasteiger partial charge in [-0.25, -0.2) is 0 Å². The van der Waals surface area contributed by atoms with Crippen LogP contribution in [-0.2, 0) is 16.3 Å². The third-order valence-corrected chi connectivity index (χ3v) is 4.80. The molecule has 0 fully saturated rings. The average molecular weight is 361 g/mol. The van der Waals surface area contributed by atoms with Crippen LogP contribution in [-0.4, -0.2) is 16.5 Å². The number of halogens is 1. The van der Waals surface area contributed by atoms with Crippen molar-refractivity contribution in [1.82, 2.24) is 0 Å². The predicted octanol–water partition coefficient (Wildman–Crippen LogP) is 3.86. The number of hydrogen-bond donors (Lipinski definition) is 1. The molecular weight excluding hydrogens is 339 g/mol. The highest BCUT2D eigenvalue weighted by Crippen LogP contribution is 2.34. The van der Waals surface area contributed by atoms with Crippen LogP contribution >= 0.6 is 12.6 Å². The van der Waals surface area contributed by atoms with Gasteiger partial charge in [-0.2, -0.15) is 21.0 Å². The second-order valence-corrected chi connectivity index (χ2v) is 12.2. The van der Waals surface area contributed by atoms with Crippen LogP contribution in [0.1, 0.15) is 27.8 Å². The molecule has 0 aliphatic carbocycles. The Hall–Kier alpha value is -0.973. The zero-order valence-electron chi connectivity index (χ0n) is 13.7. The lowest BCUT2D eigenvalue weighted by Crippen LogP contribution is -2.16. The van der Waals surface area contributed by atoms with E-state index >= 15 is 0 Å². The summed E-state index contributed by atoms with van der Waals surface area (Å²) in [5.41, 5.74) is 6.79. The van der Waals surface area contributed by atoms with Crippen molar-refractivity contribution in [2.24, 2.45) is 0 Å². The van der Waals surface area contributed by atoms with Crippen LogP contribution in [0.5, 0.6) is 5.75 Å². The molecule has 0 saturated heterocycles. The van der Waals surface area contributed by atoms with E-state index in [0.717, 1.165) is 11.1 Å². The van der Waals surface area contributed by atoms with Gasteiger partial charge < -0.3 is 4.18 Å². The predicted molar refractivity (Wildman–Crippen MR) is 94.2 cm³/mol. The van der Waals surface area contributed by atoms with Crippen LogP contribution < -0.4 is 4.18 Å². The largest absolute Gasteiger partial charge is 0.488 e. The lowest BCUT2D eigenvalue weighted by molar-refractivity contribution is 0.436. The molecule has 22 heavy (non-hydrogen) atoms. The number of hydrogen-bond acceptors (Lipinski definition) is 4. The average Bonchev–Trinajstić information content (AvgIpc) is 2.32. The van der Waals surface area contributed by atoms with E-state index in [9.17, 15) is 12.3 Å². The third kappa shape index (κ3) is 4.76. The minimum absolute atomic E-state index is 0.0111. The monoisotopic (exact) mass is 360 g/mol. The molecular formula is C15H21FO3S2Si. The zero-order chi connectivity index (χ0) is 17.3. The number of rotatable bonds is 3. The van der Waals surface area contributed by atoms with E-state index in [4.69, 9.17) is 0 Å². The first-order valence-electron chi connectivity index (χ1n) is 6.78. The van der Waals surface area contributed by atoms with E-state index < -0.39 is 18.6 Å². The van der Waals surface area contributed by atoms with Crippen LogP contribution in [0.3, 0.4) is 0 Å². The molecule has 0 amide bonds. The number of benzene rings is 1. The maximum atomic E-state index is 13.0. The molecule has 0 bridgehead atoms. The van der Waals surface area contributed by atoms with Crippen molar-refractivity contribution in [3.63, 3.8) is 0 Å². The molecule has 1 aromatic rings. The summed E-state index contributed by atoms with van der Waals surface area (Å²) in [5, 5.41) is 0. The fraction of sp³-hybridized carbons (Fsp3) is 0.467. The lowest BCUT2D eigenvalue weighted by Gasteiger charge is -2.17. The molecule has 0 radical (unpaired) electrons. The molecule has 7 heteroatoms. The van der Waals surface area contributed by atoms with E-state index in [-0.39, 0.29) is 5.75 Å². The van der Waals surface area contributed by atoms with Gasteiger partial charge in [-0.1, -0.05) is 29.4 Å². The summed E-state index contributed by atoms with van der Waals surface area (Å²) in [7, 11) is -6.69. The molecule has 0 spiro atoms. The van der Waals surface area contributed by atoms with Crippen LogP contribution in [0, 0.1) is 32.2 Å². The lowest BCUT2D eigenvalue weighted by atomic mass is 9.93. The Morgan fingerprint density at radius 2 is 1.68 bits per heavy atom. The highest BCUT2D eigenvalue weighted by Gasteiger charge is 2.21. The molecule has 0 aliphatic heterocycles. The maximum absolute atomic E-state index is 13.0. The van der Waals surface area contributed by atoms with Crippen LogP contribution in [0.25, 0.3) is 0 Å². The summed E-state index contributed by atoms with van der Waals surface area (Å²) in [5.74, 6) is 3.53. The van der Waals surface area contributed by atoms with Crippen molar-refractivity contribution in [1.29, 1.82) is 0 Å². The fourth-order valence-electron chi connectivity index (χ4n) is 2.14. The summed E-state index contributed by atoms with van der Waals surface area (Å²) in [6.07, 6.45) is 0. The molecule has 0 saturated carbocycles. The van der Waals surface area contributed by atoms with Gasteiger partial charge in [-0.3, -0.25) is 0 Å². The Morgan fingerprint density at radius 1 is 1.14 bits per heavy atom. The van der Waals surface area contributed by atoms with Gasteiger partial charge in [0, 0.05) is 16.9 Å². The van der Waals surface area contributed by atoms with Gasteiger partial charge in [0.05, 0.1) is 0 Å². The quantitative estimate of drug-likeness (QED) is 0.385. The van der Waals surface area contributed by atoms with E-state index in [1.54, 1.807) is 13.8 Å². The van der Waals surface area contributed by atoms with E-state index in [0.29, 0.717) is 22.4 Å². The van der Waals surface area contributed by atoms with Gasteiger partial charge in [0.15, 0.2) is 5.75 Å². The summed E-state index contributed by atoms with van der Waals surface area (Å²) in [4.78, 5) is 0. The van der Waals surface area contributed by atoms with Crippen molar-refractivity contribution in [2.45, 2.75) is 46.2 Å². The van der Waals surface area contributed by atoms with E-state index in [1.807, 2.05) is 6.92 Å². The zero-order valence-corrected chi connectivity index (χ0v) is 16.4. The van der Waals surface area contributed by atoms with Crippen molar-refractivity contribution in [2.75, 3.05) is 0 Å². The van der Waals surface area contributed by atoms with E-state index in [1.165, 1.54) is 0 Å². The second kappa shape index (κ2) is 6.65. The SMILES string of the molecule is Cc1c(C#C[Si](C)(C)C)c(C)c(OS(=O)(=O)F)c(C)c1CS. The van der Waals surface area contributed by atoms with Gasteiger partial charge in [0.2, 0.25) is 0 Å². The Bertz CT molecular complexity index is 754. The van der Waals surface area contributed by atoms with E-state index in [2.05, 4.69) is 47.9 Å². The molecule has 0 aliphatic rings. The van der Waals surface area contributed by atoms with Gasteiger partial charge >= 0.3 is 10.5 Å². The topological polar surface area (TPSA) is 43.4 Å². The first kappa shape index (κ1) is 19.1. The molecule has 1 aromatic carbocycles. The summed E-state index contributed by atoms with van der Waals surface area (Å²) >= 11 is 4.28. The normalized spacial score (nSPS) is 11.8. The maximum Gasteiger partial charge on any atom is 0.488 e. The van der Waals surface area contributed by atoms with Crippen LogP contribution in [0.4, 0.5) is 3.89 Å². The molecule has 0 heterocycles. The molecule has 0 aromatic heterocycles. The van der Waals surface area contributed by atoms with Gasteiger partial charge in [-0.05, 0) is 37.5 Å². The summed E-state index contributed by atoms with van der Waals surface area (Å²) in [6.45, 7) is 11.6. The summed E-state index contributed by atoms with van der Waals surface area (Å²) < 4.78 is 39.3.